The number of carbonyl (C=O) groups excluding carboxylic acids is 1. The van der Waals surface area contributed by atoms with Crippen molar-refractivity contribution < 1.29 is 4.79 Å². The Balaban J connectivity index is 2.75. The summed E-state index contributed by atoms with van der Waals surface area (Å²) in [6, 6.07) is 0. The molecule has 0 aromatic carbocycles. The molecule has 1 amide bonds. The van der Waals surface area contributed by atoms with Crippen molar-refractivity contribution >= 4 is 5.91 Å². The maximum atomic E-state index is 11.2. The highest BCUT2D eigenvalue weighted by molar-refractivity contribution is 5.79. The van der Waals surface area contributed by atoms with Crippen LogP contribution in [0, 0.1) is 0 Å². The first-order valence-electron chi connectivity index (χ1n) is 4.07. The van der Waals surface area contributed by atoms with Gasteiger partial charge in [0.2, 0.25) is 5.91 Å². The summed E-state index contributed by atoms with van der Waals surface area (Å²) in [7, 11) is 0. The van der Waals surface area contributed by atoms with Crippen molar-refractivity contribution in [3.8, 4) is 0 Å². The fourth-order valence-electron chi connectivity index (χ4n) is 1.27. The Bertz CT molecular complexity index is 202. The molecule has 0 aromatic heterocycles. The smallest absolute Gasteiger partial charge is 0.226 e. The first-order chi connectivity index (χ1) is 5.13. The van der Waals surface area contributed by atoms with Crippen LogP contribution in [0.15, 0.2) is 11.3 Å². The standard InChI is InChI=1S/C9H15NO/c1-7(2)8(3)10-6-4-5-9(10)11/h4-6H2,1-3H3. The van der Waals surface area contributed by atoms with E-state index < -0.39 is 0 Å². The van der Waals surface area contributed by atoms with Crippen molar-refractivity contribution in [2.75, 3.05) is 6.54 Å². The molecule has 0 saturated carbocycles. The number of amides is 1. The molecular weight excluding hydrogens is 138 g/mol. The molecule has 62 valence electrons. The lowest BCUT2D eigenvalue weighted by Crippen LogP contribution is -2.22. The molecule has 0 bridgehead atoms. The van der Waals surface area contributed by atoms with Crippen LogP contribution in [0.4, 0.5) is 0 Å². The SMILES string of the molecule is CC(C)=C(C)N1CCCC1=O. The molecule has 1 aliphatic heterocycles. The van der Waals surface area contributed by atoms with E-state index in [0.29, 0.717) is 0 Å². The lowest BCUT2D eigenvalue weighted by Gasteiger charge is -2.17. The van der Waals surface area contributed by atoms with E-state index >= 15 is 0 Å². The zero-order valence-electron chi connectivity index (χ0n) is 7.48. The Morgan fingerprint density at radius 3 is 2.36 bits per heavy atom. The molecule has 0 radical (unpaired) electrons. The molecule has 0 N–H and O–H groups in total. The summed E-state index contributed by atoms with van der Waals surface area (Å²) < 4.78 is 0. The highest BCUT2D eigenvalue weighted by Gasteiger charge is 2.21. The van der Waals surface area contributed by atoms with E-state index in [9.17, 15) is 4.79 Å². The van der Waals surface area contributed by atoms with Gasteiger partial charge in [0, 0.05) is 18.7 Å². The topological polar surface area (TPSA) is 20.3 Å². The summed E-state index contributed by atoms with van der Waals surface area (Å²) in [6.45, 7) is 7.01. The molecule has 0 aliphatic carbocycles. The minimum Gasteiger partial charge on any atom is -0.317 e. The van der Waals surface area contributed by atoms with Gasteiger partial charge in [0.25, 0.3) is 0 Å². The van der Waals surface area contributed by atoms with E-state index in [2.05, 4.69) is 0 Å². The number of hydrogen-bond acceptors (Lipinski definition) is 1. The minimum absolute atomic E-state index is 0.281. The van der Waals surface area contributed by atoms with Crippen LogP contribution in [0.3, 0.4) is 0 Å². The third kappa shape index (κ3) is 1.62. The normalized spacial score (nSPS) is 17.4. The van der Waals surface area contributed by atoms with Gasteiger partial charge in [-0.15, -0.1) is 0 Å². The summed E-state index contributed by atoms with van der Waals surface area (Å²) in [5.41, 5.74) is 2.37. The van der Waals surface area contributed by atoms with Crippen molar-refractivity contribution in [2.24, 2.45) is 0 Å². The van der Waals surface area contributed by atoms with Crippen LogP contribution in [0.5, 0.6) is 0 Å². The number of rotatable bonds is 1. The van der Waals surface area contributed by atoms with Crippen LogP contribution >= 0.6 is 0 Å². The van der Waals surface area contributed by atoms with Crippen molar-refractivity contribution in [3.63, 3.8) is 0 Å². The zero-order chi connectivity index (χ0) is 8.43. The highest BCUT2D eigenvalue weighted by Crippen LogP contribution is 2.17. The molecule has 0 unspecified atom stereocenters. The fraction of sp³-hybridized carbons (Fsp3) is 0.667. The predicted octanol–water partition coefficient (Wildman–Crippen LogP) is 1.92. The molecule has 2 heteroatoms. The summed E-state index contributed by atoms with van der Waals surface area (Å²) in [6.07, 6.45) is 1.74. The Morgan fingerprint density at radius 1 is 1.36 bits per heavy atom. The van der Waals surface area contributed by atoms with E-state index in [1.54, 1.807) is 0 Å². The van der Waals surface area contributed by atoms with Crippen LogP contribution in [0.2, 0.25) is 0 Å². The first-order valence-corrected chi connectivity index (χ1v) is 4.07. The quantitative estimate of drug-likeness (QED) is 0.563. The molecule has 1 fully saturated rings. The van der Waals surface area contributed by atoms with Crippen LogP contribution in [-0.2, 0) is 4.79 Å². The third-order valence-corrected chi connectivity index (χ3v) is 2.20. The maximum absolute atomic E-state index is 11.2. The Hall–Kier alpha value is -0.790. The lowest BCUT2D eigenvalue weighted by molar-refractivity contribution is -0.126. The van der Waals surface area contributed by atoms with E-state index in [0.717, 1.165) is 25.1 Å². The van der Waals surface area contributed by atoms with Gasteiger partial charge in [-0.1, -0.05) is 5.57 Å². The van der Waals surface area contributed by atoms with E-state index in [-0.39, 0.29) is 5.91 Å². The first kappa shape index (κ1) is 8.31. The molecule has 1 aliphatic rings. The molecular formula is C9H15NO. The van der Waals surface area contributed by atoms with Crippen LogP contribution < -0.4 is 0 Å². The third-order valence-electron chi connectivity index (χ3n) is 2.20. The van der Waals surface area contributed by atoms with Crippen LogP contribution in [0.1, 0.15) is 33.6 Å². The van der Waals surface area contributed by atoms with Gasteiger partial charge in [-0.25, -0.2) is 0 Å². The number of likely N-dealkylation sites (tertiary alicyclic amines) is 1. The van der Waals surface area contributed by atoms with Crippen molar-refractivity contribution in [2.45, 2.75) is 33.6 Å². The maximum Gasteiger partial charge on any atom is 0.226 e. The Kier molecular flexibility index (Phi) is 2.32. The molecule has 1 rings (SSSR count). The number of allylic oxidation sites excluding steroid dienone is 2. The summed E-state index contributed by atoms with van der Waals surface area (Å²) in [5.74, 6) is 0.281. The van der Waals surface area contributed by atoms with E-state index in [4.69, 9.17) is 0 Å². The fourth-order valence-corrected chi connectivity index (χ4v) is 1.27. The van der Waals surface area contributed by atoms with Gasteiger partial charge in [-0.05, 0) is 27.2 Å². The van der Waals surface area contributed by atoms with Crippen LogP contribution in [0.25, 0.3) is 0 Å². The number of nitrogens with zero attached hydrogens (tertiary/aromatic N) is 1. The molecule has 0 spiro atoms. The van der Waals surface area contributed by atoms with Gasteiger partial charge in [0.15, 0.2) is 0 Å². The zero-order valence-corrected chi connectivity index (χ0v) is 7.48. The van der Waals surface area contributed by atoms with Gasteiger partial charge < -0.3 is 4.90 Å². The van der Waals surface area contributed by atoms with Gasteiger partial charge in [-0.2, -0.15) is 0 Å². The lowest BCUT2D eigenvalue weighted by atomic mass is 10.2. The molecule has 1 saturated heterocycles. The molecule has 11 heavy (non-hydrogen) atoms. The largest absolute Gasteiger partial charge is 0.317 e. The van der Waals surface area contributed by atoms with Crippen molar-refractivity contribution in [1.82, 2.24) is 4.90 Å². The highest BCUT2D eigenvalue weighted by atomic mass is 16.2. The average molecular weight is 153 g/mol. The molecule has 1 heterocycles. The second-order valence-corrected chi connectivity index (χ2v) is 3.23. The monoisotopic (exact) mass is 153 g/mol. The van der Waals surface area contributed by atoms with E-state index in [1.165, 1.54) is 5.57 Å². The molecule has 0 atom stereocenters. The Morgan fingerprint density at radius 2 is 2.00 bits per heavy atom. The van der Waals surface area contributed by atoms with E-state index in [1.807, 2.05) is 25.7 Å². The van der Waals surface area contributed by atoms with Gasteiger partial charge >= 0.3 is 0 Å². The van der Waals surface area contributed by atoms with Gasteiger partial charge in [0.05, 0.1) is 0 Å². The van der Waals surface area contributed by atoms with Crippen molar-refractivity contribution in [1.29, 1.82) is 0 Å². The minimum atomic E-state index is 0.281. The second-order valence-electron chi connectivity index (χ2n) is 3.23. The number of hydrogen-bond donors (Lipinski definition) is 0. The molecule has 0 aromatic rings. The number of carbonyl (C=O) groups is 1. The second kappa shape index (κ2) is 3.07. The van der Waals surface area contributed by atoms with Crippen molar-refractivity contribution in [3.05, 3.63) is 11.3 Å². The van der Waals surface area contributed by atoms with Gasteiger partial charge in [-0.3, -0.25) is 4.79 Å². The summed E-state index contributed by atoms with van der Waals surface area (Å²) in [5, 5.41) is 0. The summed E-state index contributed by atoms with van der Waals surface area (Å²) >= 11 is 0. The molecule has 2 nitrogen and oxygen atoms in total. The predicted molar refractivity (Wildman–Crippen MR) is 45.0 cm³/mol. The summed E-state index contributed by atoms with van der Waals surface area (Å²) in [4.78, 5) is 13.1. The van der Waals surface area contributed by atoms with Crippen LogP contribution in [-0.4, -0.2) is 17.4 Å². The average Bonchev–Trinajstić information content (AvgIpc) is 2.33. The Labute approximate surface area is 67.9 Å². The van der Waals surface area contributed by atoms with Gasteiger partial charge in [0.1, 0.15) is 0 Å².